The van der Waals surface area contributed by atoms with Crippen LogP contribution < -0.4 is 0 Å². The second-order valence-corrected chi connectivity index (χ2v) is 16.7. The monoisotopic (exact) mass is 755 g/mol. The van der Waals surface area contributed by atoms with Gasteiger partial charge in [-0.3, -0.25) is 9.59 Å². The summed E-state index contributed by atoms with van der Waals surface area (Å²) in [6.45, 7) is 4.74. The Morgan fingerprint density at radius 1 is 0.491 bits per heavy atom. The molecule has 0 saturated heterocycles. The van der Waals surface area contributed by atoms with Crippen LogP contribution in [0.3, 0.4) is 0 Å². The molecule has 2 unspecified atom stereocenters. The third kappa shape index (κ3) is 35.8. The molecule has 2 atom stereocenters. The van der Waals surface area contributed by atoms with Crippen molar-refractivity contribution in [2.24, 2.45) is 0 Å². The van der Waals surface area contributed by atoms with Crippen LogP contribution in [0.25, 0.3) is 0 Å². The topological polar surface area (TPSA) is 99.1 Å². The van der Waals surface area contributed by atoms with Gasteiger partial charge < -0.3 is 23.8 Å². The van der Waals surface area contributed by atoms with Crippen LogP contribution in [0.1, 0.15) is 219 Å². The Morgan fingerprint density at radius 3 is 1.17 bits per heavy atom. The maximum absolute atomic E-state index is 12.6. The van der Waals surface area contributed by atoms with Crippen LogP contribution in [0.2, 0.25) is 0 Å². The van der Waals surface area contributed by atoms with E-state index in [-0.39, 0.29) is 36.2 Å². The summed E-state index contributed by atoms with van der Waals surface area (Å²) in [4.78, 5) is 36.8. The number of nitrogens with zero attached hydrogens (tertiary/aromatic N) is 1. The van der Waals surface area contributed by atoms with Crippen LogP contribution in [-0.2, 0) is 28.6 Å². The molecule has 0 fully saturated rings. The highest BCUT2D eigenvalue weighted by molar-refractivity contribution is 5.72. The summed E-state index contributed by atoms with van der Waals surface area (Å²) in [6.07, 6.45) is 37.3. The van der Waals surface area contributed by atoms with Crippen molar-refractivity contribution >= 4 is 17.9 Å². The smallest absolute Gasteiger partial charge is 0.362 e. The summed E-state index contributed by atoms with van der Waals surface area (Å²) in [5.74, 6) is -1.45. The SMILES string of the molecule is CCCCCCCCCCCCCCCCCCCCCCCC(=O)OCC(COCCC(C(=O)O)[N+](C)(C)C)OC(=O)CCCCCCCCCC. The zero-order valence-electron chi connectivity index (χ0n) is 35.7. The second-order valence-electron chi connectivity index (χ2n) is 16.7. The van der Waals surface area contributed by atoms with Crippen molar-refractivity contribution in [1.82, 2.24) is 0 Å². The molecule has 0 aliphatic rings. The highest BCUT2D eigenvalue weighted by Gasteiger charge is 2.31. The van der Waals surface area contributed by atoms with Gasteiger partial charge in [-0.2, -0.15) is 0 Å². The first-order valence-electron chi connectivity index (χ1n) is 22.6. The Labute approximate surface area is 327 Å². The molecule has 0 heterocycles. The predicted molar refractivity (Wildman–Crippen MR) is 220 cm³/mol. The molecule has 0 amide bonds. The zero-order valence-corrected chi connectivity index (χ0v) is 35.7. The molecule has 0 radical (unpaired) electrons. The van der Waals surface area contributed by atoms with E-state index in [1.165, 1.54) is 148 Å². The number of carbonyl (C=O) groups excluding carboxylic acids is 2. The minimum absolute atomic E-state index is 0.0427. The highest BCUT2D eigenvalue weighted by Crippen LogP contribution is 2.16. The molecule has 0 aromatic rings. The number of quaternary nitrogens is 1. The van der Waals surface area contributed by atoms with Crippen LogP contribution in [0.4, 0.5) is 0 Å². The largest absolute Gasteiger partial charge is 0.477 e. The molecule has 0 aromatic carbocycles. The van der Waals surface area contributed by atoms with Crippen LogP contribution in [0, 0.1) is 0 Å². The third-order valence-electron chi connectivity index (χ3n) is 10.5. The van der Waals surface area contributed by atoms with Gasteiger partial charge >= 0.3 is 17.9 Å². The van der Waals surface area contributed by atoms with Crippen molar-refractivity contribution in [2.75, 3.05) is 41.0 Å². The fourth-order valence-corrected chi connectivity index (χ4v) is 6.98. The first-order chi connectivity index (χ1) is 25.6. The lowest BCUT2D eigenvalue weighted by Gasteiger charge is -2.31. The van der Waals surface area contributed by atoms with Gasteiger partial charge in [0.15, 0.2) is 12.1 Å². The fourth-order valence-electron chi connectivity index (χ4n) is 6.98. The maximum atomic E-state index is 12.6. The number of carboxylic acid groups (broad SMARTS) is 1. The molecule has 0 aromatic heterocycles. The Kier molecular flexibility index (Phi) is 36.1. The van der Waals surface area contributed by atoms with E-state index in [9.17, 15) is 19.5 Å². The summed E-state index contributed by atoms with van der Waals surface area (Å²) >= 11 is 0. The van der Waals surface area contributed by atoms with Crippen molar-refractivity contribution in [3.63, 3.8) is 0 Å². The third-order valence-corrected chi connectivity index (χ3v) is 10.5. The van der Waals surface area contributed by atoms with Gasteiger partial charge in [0.05, 0.1) is 34.4 Å². The molecule has 0 aliphatic heterocycles. The molecule has 0 rings (SSSR count). The van der Waals surface area contributed by atoms with Gasteiger partial charge in [-0.15, -0.1) is 0 Å². The quantitative estimate of drug-likeness (QED) is 0.0377. The lowest BCUT2D eigenvalue weighted by atomic mass is 10.0. The van der Waals surface area contributed by atoms with Gasteiger partial charge in [0.1, 0.15) is 6.61 Å². The predicted octanol–water partition coefficient (Wildman–Crippen LogP) is 12.1. The van der Waals surface area contributed by atoms with Crippen molar-refractivity contribution < 1.29 is 38.2 Å². The molecule has 0 aliphatic carbocycles. The maximum Gasteiger partial charge on any atom is 0.362 e. The van der Waals surface area contributed by atoms with Crippen molar-refractivity contribution in [3.8, 4) is 0 Å². The first kappa shape index (κ1) is 51.3. The number of rotatable bonds is 41. The number of likely N-dealkylation sites (N-methyl/N-ethyl adjacent to an activating group) is 1. The minimum Gasteiger partial charge on any atom is -0.477 e. The molecule has 8 nitrogen and oxygen atoms in total. The van der Waals surface area contributed by atoms with E-state index in [0.29, 0.717) is 19.3 Å². The van der Waals surface area contributed by atoms with E-state index in [2.05, 4.69) is 13.8 Å². The Bertz CT molecular complexity index is 843. The van der Waals surface area contributed by atoms with E-state index in [1.54, 1.807) is 0 Å². The first-order valence-corrected chi connectivity index (χ1v) is 22.6. The fraction of sp³-hybridized carbons (Fsp3) is 0.933. The van der Waals surface area contributed by atoms with Crippen LogP contribution in [-0.4, -0.2) is 80.6 Å². The van der Waals surface area contributed by atoms with E-state index < -0.39 is 18.1 Å². The summed E-state index contributed by atoms with van der Waals surface area (Å²) in [7, 11) is 5.53. The second kappa shape index (κ2) is 37.3. The van der Waals surface area contributed by atoms with Gasteiger partial charge in [-0.1, -0.05) is 187 Å². The number of ether oxygens (including phenoxy) is 3. The number of unbranched alkanes of at least 4 members (excludes halogenated alkanes) is 27. The summed E-state index contributed by atoms with van der Waals surface area (Å²) < 4.78 is 17.2. The van der Waals surface area contributed by atoms with Gasteiger partial charge in [0, 0.05) is 19.3 Å². The molecule has 314 valence electrons. The molecule has 0 bridgehead atoms. The van der Waals surface area contributed by atoms with Gasteiger partial charge in [0.2, 0.25) is 0 Å². The van der Waals surface area contributed by atoms with E-state index in [4.69, 9.17) is 14.2 Å². The molecule has 0 spiro atoms. The Balaban J connectivity index is 4.10. The van der Waals surface area contributed by atoms with E-state index in [0.717, 1.165) is 38.5 Å². The molecule has 53 heavy (non-hydrogen) atoms. The van der Waals surface area contributed by atoms with Gasteiger partial charge in [-0.05, 0) is 12.8 Å². The number of esters is 2. The molecule has 1 N–H and O–H groups in total. The van der Waals surface area contributed by atoms with Crippen LogP contribution >= 0.6 is 0 Å². The Hall–Kier alpha value is -1.67. The lowest BCUT2D eigenvalue weighted by Crippen LogP contribution is -2.50. The lowest BCUT2D eigenvalue weighted by molar-refractivity contribution is -0.887. The van der Waals surface area contributed by atoms with Crippen molar-refractivity contribution in [2.45, 2.75) is 231 Å². The average molecular weight is 755 g/mol. The molecule has 8 heteroatoms. The number of hydrogen-bond donors (Lipinski definition) is 1. The number of carboxylic acids is 1. The van der Waals surface area contributed by atoms with Crippen molar-refractivity contribution in [1.29, 1.82) is 0 Å². The van der Waals surface area contributed by atoms with Crippen LogP contribution in [0.15, 0.2) is 0 Å². The number of aliphatic carboxylic acids is 1. The Morgan fingerprint density at radius 2 is 0.830 bits per heavy atom. The zero-order chi connectivity index (χ0) is 39.3. The highest BCUT2D eigenvalue weighted by atomic mass is 16.6. The van der Waals surface area contributed by atoms with Gasteiger partial charge in [-0.25, -0.2) is 4.79 Å². The van der Waals surface area contributed by atoms with E-state index in [1.807, 2.05) is 21.1 Å². The molecular weight excluding hydrogens is 666 g/mol. The average Bonchev–Trinajstić information content (AvgIpc) is 3.11. The normalized spacial score (nSPS) is 12.8. The minimum atomic E-state index is -0.872. The van der Waals surface area contributed by atoms with Crippen molar-refractivity contribution in [3.05, 3.63) is 0 Å². The summed E-state index contributed by atoms with van der Waals surface area (Å²) in [5, 5.41) is 9.59. The van der Waals surface area contributed by atoms with Gasteiger partial charge in [0.25, 0.3) is 0 Å². The molecular formula is C45H88NO7+. The molecule has 0 saturated carbocycles. The van der Waals surface area contributed by atoms with Crippen LogP contribution in [0.5, 0.6) is 0 Å². The number of hydrogen-bond acceptors (Lipinski definition) is 6. The summed E-state index contributed by atoms with van der Waals surface area (Å²) in [6, 6.07) is -0.607. The number of carbonyl (C=O) groups is 3. The van der Waals surface area contributed by atoms with E-state index >= 15 is 0 Å². The summed E-state index contributed by atoms with van der Waals surface area (Å²) in [5.41, 5.74) is 0. The standard InChI is InChI=1S/C45H87NO7/c1-6-8-10-12-14-16-17-18-19-20-21-22-23-24-25-26-27-28-30-31-33-35-43(47)52-40-41(39-51-38-37-42(45(49)50)46(3,4)5)53-44(48)36-34-32-29-15-13-11-9-7-2/h41-42H,6-40H2,1-5H3/p+1.